The molecule has 1 aliphatic carbocycles. The Morgan fingerprint density at radius 3 is 2.64 bits per heavy atom. The van der Waals surface area contributed by atoms with Crippen LogP contribution in [0.15, 0.2) is 30.3 Å². The number of nitrogens with one attached hydrogen (secondary N) is 1. The monoisotopic (exact) mass is 344 g/mol. The number of carbonyl (C=O) groups excluding carboxylic acids is 2. The van der Waals surface area contributed by atoms with Gasteiger partial charge >= 0.3 is 0 Å². The largest absolute Gasteiger partial charge is 0.388 e. The fourth-order valence-electron chi connectivity index (χ4n) is 3.78. The Kier molecular flexibility index (Phi) is 5.42. The molecular weight excluding hydrogens is 316 g/mol. The van der Waals surface area contributed by atoms with Crippen LogP contribution in [0.2, 0.25) is 0 Å². The molecule has 2 atom stereocenters. The van der Waals surface area contributed by atoms with Gasteiger partial charge in [0.05, 0.1) is 6.10 Å². The van der Waals surface area contributed by atoms with Crippen LogP contribution in [0.25, 0.3) is 0 Å². The molecule has 1 aromatic rings. The van der Waals surface area contributed by atoms with Gasteiger partial charge in [0.15, 0.2) is 0 Å². The van der Waals surface area contributed by atoms with E-state index in [2.05, 4.69) is 5.32 Å². The fourth-order valence-corrected chi connectivity index (χ4v) is 3.78. The number of rotatable bonds is 6. The second-order valence-corrected chi connectivity index (χ2v) is 7.35. The highest BCUT2D eigenvalue weighted by molar-refractivity contribution is 5.87. The number of likely N-dealkylation sites (tertiary alicyclic amines) is 1. The number of aliphatic hydroxyl groups excluding tert-OH is 1. The maximum atomic E-state index is 12.7. The first-order valence-electron chi connectivity index (χ1n) is 9.37. The quantitative estimate of drug-likeness (QED) is 0.832. The van der Waals surface area contributed by atoms with Crippen LogP contribution in [0.3, 0.4) is 0 Å². The second kappa shape index (κ2) is 7.56. The Labute approximate surface area is 149 Å². The van der Waals surface area contributed by atoms with Crippen molar-refractivity contribution in [1.82, 2.24) is 10.2 Å². The number of amides is 2. The Morgan fingerprint density at radius 1 is 1.28 bits per heavy atom. The van der Waals surface area contributed by atoms with Gasteiger partial charge in [-0.25, -0.2) is 0 Å². The Bertz CT molecular complexity index is 613. The minimum absolute atomic E-state index is 0.0466. The molecule has 1 heterocycles. The zero-order valence-corrected chi connectivity index (χ0v) is 14.9. The van der Waals surface area contributed by atoms with Crippen LogP contribution >= 0.6 is 0 Å². The number of benzene rings is 1. The van der Waals surface area contributed by atoms with Gasteiger partial charge in [0.1, 0.15) is 6.04 Å². The first-order valence-corrected chi connectivity index (χ1v) is 9.37. The molecule has 2 N–H and O–H groups in total. The summed E-state index contributed by atoms with van der Waals surface area (Å²) >= 11 is 0. The first kappa shape index (κ1) is 17.9. The van der Waals surface area contributed by atoms with E-state index in [-0.39, 0.29) is 23.3 Å². The van der Waals surface area contributed by atoms with Crippen LogP contribution in [0.4, 0.5) is 0 Å². The van der Waals surface area contributed by atoms with Gasteiger partial charge in [0.25, 0.3) is 0 Å². The van der Waals surface area contributed by atoms with Crippen molar-refractivity contribution < 1.29 is 14.7 Å². The van der Waals surface area contributed by atoms with E-state index in [9.17, 15) is 14.7 Å². The van der Waals surface area contributed by atoms with Crippen molar-refractivity contribution in [3.8, 4) is 0 Å². The normalized spacial score (nSPS) is 23.0. The molecular formula is C20H28N2O3. The first-order chi connectivity index (χ1) is 12.1. The molecule has 0 radical (unpaired) electrons. The van der Waals surface area contributed by atoms with Gasteiger partial charge in [-0.05, 0) is 37.7 Å². The van der Waals surface area contributed by atoms with Gasteiger partial charge in [0, 0.05) is 24.9 Å². The van der Waals surface area contributed by atoms with Gasteiger partial charge in [-0.1, -0.05) is 37.3 Å². The van der Waals surface area contributed by atoms with Crippen LogP contribution < -0.4 is 5.32 Å². The molecule has 2 fully saturated rings. The molecule has 25 heavy (non-hydrogen) atoms. The smallest absolute Gasteiger partial charge is 0.242 e. The van der Waals surface area contributed by atoms with Gasteiger partial charge < -0.3 is 15.3 Å². The lowest BCUT2D eigenvalue weighted by atomic mass is 9.92. The summed E-state index contributed by atoms with van der Waals surface area (Å²) in [5, 5.41) is 13.7. The Hall–Kier alpha value is -1.88. The molecule has 1 saturated heterocycles. The van der Waals surface area contributed by atoms with E-state index in [1.54, 1.807) is 4.90 Å². The van der Waals surface area contributed by atoms with Crippen LogP contribution in [-0.2, 0) is 9.59 Å². The van der Waals surface area contributed by atoms with Crippen molar-refractivity contribution >= 4 is 11.8 Å². The predicted molar refractivity (Wildman–Crippen MR) is 95.7 cm³/mol. The molecule has 2 amide bonds. The minimum atomic E-state index is -0.561. The average Bonchev–Trinajstić information content (AvgIpc) is 3.46. The molecule has 2 unspecified atom stereocenters. The summed E-state index contributed by atoms with van der Waals surface area (Å²) in [7, 11) is 0. The molecule has 5 heteroatoms. The highest BCUT2D eigenvalue weighted by atomic mass is 16.3. The van der Waals surface area contributed by atoms with Crippen molar-refractivity contribution in [2.45, 2.75) is 57.6 Å². The van der Waals surface area contributed by atoms with Crippen molar-refractivity contribution in [3.05, 3.63) is 35.9 Å². The zero-order chi connectivity index (χ0) is 17.9. The highest BCUT2D eigenvalue weighted by Gasteiger charge is 2.49. The van der Waals surface area contributed by atoms with Gasteiger partial charge in [-0.3, -0.25) is 9.59 Å². The van der Waals surface area contributed by atoms with E-state index in [1.807, 2.05) is 37.3 Å². The summed E-state index contributed by atoms with van der Waals surface area (Å²) in [6, 6.07) is 9.27. The van der Waals surface area contributed by atoms with Crippen molar-refractivity contribution in [1.29, 1.82) is 0 Å². The average molecular weight is 344 g/mol. The Morgan fingerprint density at radius 2 is 2.00 bits per heavy atom. The third-order valence-corrected chi connectivity index (χ3v) is 5.63. The van der Waals surface area contributed by atoms with Crippen LogP contribution in [-0.4, -0.2) is 41.0 Å². The zero-order valence-electron chi connectivity index (χ0n) is 14.9. The van der Waals surface area contributed by atoms with E-state index in [1.165, 1.54) is 0 Å². The summed E-state index contributed by atoms with van der Waals surface area (Å²) in [5.41, 5.74) is 0.639. The molecule has 136 valence electrons. The molecule has 0 spiro atoms. The predicted octanol–water partition coefficient (Wildman–Crippen LogP) is 2.41. The van der Waals surface area contributed by atoms with E-state index in [0.29, 0.717) is 19.5 Å². The van der Waals surface area contributed by atoms with Gasteiger partial charge in [0.2, 0.25) is 11.8 Å². The highest BCUT2D eigenvalue weighted by Crippen LogP contribution is 2.54. The third-order valence-electron chi connectivity index (χ3n) is 5.63. The minimum Gasteiger partial charge on any atom is -0.388 e. The SMILES string of the molecule is CCC(=O)N1CCCCC1C(=O)NCC1(C(O)c2ccccc2)CC1. The summed E-state index contributed by atoms with van der Waals surface area (Å²) in [6.45, 7) is 2.97. The molecule has 5 nitrogen and oxygen atoms in total. The molecule has 0 aromatic heterocycles. The molecule has 1 aliphatic heterocycles. The summed E-state index contributed by atoms with van der Waals surface area (Å²) in [4.78, 5) is 26.5. The Balaban J connectivity index is 1.60. The van der Waals surface area contributed by atoms with Crippen molar-refractivity contribution in [2.24, 2.45) is 5.41 Å². The summed E-state index contributed by atoms with van der Waals surface area (Å²) in [5.74, 6) is -0.0293. The van der Waals surface area contributed by atoms with Gasteiger partial charge in [-0.2, -0.15) is 0 Å². The number of hydrogen-bond acceptors (Lipinski definition) is 3. The maximum absolute atomic E-state index is 12.7. The standard InChI is InChI=1S/C20H28N2O3/c1-2-17(23)22-13-7-6-10-16(22)19(25)21-14-20(11-12-20)18(24)15-8-4-3-5-9-15/h3-5,8-9,16,18,24H,2,6-7,10-14H2,1H3,(H,21,25). The fraction of sp³-hybridized carbons (Fsp3) is 0.600. The van der Waals surface area contributed by atoms with Crippen LogP contribution in [0.1, 0.15) is 57.1 Å². The van der Waals surface area contributed by atoms with Crippen molar-refractivity contribution in [3.63, 3.8) is 0 Å². The van der Waals surface area contributed by atoms with E-state index in [4.69, 9.17) is 0 Å². The van der Waals surface area contributed by atoms with Crippen LogP contribution in [0.5, 0.6) is 0 Å². The number of nitrogens with zero attached hydrogens (tertiary/aromatic N) is 1. The maximum Gasteiger partial charge on any atom is 0.242 e. The lowest BCUT2D eigenvalue weighted by Crippen LogP contribution is -2.52. The van der Waals surface area contributed by atoms with E-state index in [0.717, 1.165) is 37.7 Å². The van der Waals surface area contributed by atoms with Gasteiger partial charge in [-0.15, -0.1) is 0 Å². The summed E-state index contributed by atoms with van der Waals surface area (Å²) in [6.07, 6.45) is 4.35. The van der Waals surface area contributed by atoms with Crippen molar-refractivity contribution in [2.75, 3.05) is 13.1 Å². The number of carbonyl (C=O) groups is 2. The number of aliphatic hydroxyl groups is 1. The topological polar surface area (TPSA) is 69.6 Å². The van der Waals surface area contributed by atoms with Crippen LogP contribution in [0, 0.1) is 5.41 Å². The third kappa shape index (κ3) is 3.87. The number of piperidine rings is 1. The number of hydrogen-bond donors (Lipinski definition) is 2. The summed E-state index contributed by atoms with van der Waals surface area (Å²) < 4.78 is 0. The van der Waals surface area contributed by atoms with E-state index >= 15 is 0 Å². The molecule has 0 bridgehead atoms. The molecule has 1 aromatic carbocycles. The lowest BCUT2D eigenvalue weighted by molar-refractivity contribution is -0.142. The van der Waals surface area contributed by atoms with E-state index < -0.39 is 6.10 Å². The molecule has 3 rings (SSSR count). The second-order valence-electron chi connectivity index (χ2n) is 7.35. The molecule has 1 saturated carbocycles. The molecule has 2 aliphatic rings. The lowest BCUT2D eigenvalue weighted by Gasteiger charge is -2.35.